The van der Waals surface area contributed by atoms with Crippen molar-refractivity contribution in [3.63, 3.8) is 0 Å². The van der Waals surface area contributed by atoms with Crippen LogP contribution in [0.1, 0.15) is 23.7 Å². The Hall–Kier alpha value is -2.12. The van der Waals surface area contributed by atoms with Crippen LogP contribution in [0.4, 0.5) is 18.9 Å². The third-order valence-corrected chi connectivity index (χ3v) is 2.21. The molecule has 0 bridgehead atoms. The van der Waals surface area contributed by atoms with Crippen molar-refractivity contribution in [1.82, 2.24) is 0 Å². The Balaban J connectivity index is 2.89. The SMILES string of the molecule is CC(=O)c1ccc(OCCC(F)(F)F)c([N+](=O)[O-])c1. The van der Waals surface area contributed by atoms with Crippen LogP contribution in [0.2, 0.25) is 0 Å². The van der Waals surface area contributed by atoms with Crippen LogP contribution in [-0.2, 0) is 0 Å². The summed E-state index contributed by atoms with van der Waals surface area (Å²) in [5.74, 6) is -0.677. The molecule has 5 nitrogen and oxygen atoms in total. The van der Waals surface area contributed by atoms with Gasteiger partial charge in [-0.1, -0.05) is 0 Å². The standard InChI is InChI=1S/C11H10F3NO4/c1-7(16)8-2-3-10(9(6-8)15(17)18)19-5-4-11(12,13)14/h2-3,6H,4-5H2,1H3. The number of ether oxygens (including phenoxy) is 1. The number of nitro groups is 1. The number of halogens is 3. The van der Waals surface area contributed by atoms with Gasteiger partial charge in [-0.15, -0.1) is 0 Å². The fourth-order valence-corrected chi connectivity index (χ4v) is 1.28. The molecule has 0 aliphatic rings. The van der Waals surface area contributed by atoms with Crippen LogP contribution in [0.5, 0.6) is 5.75 Å². The Bertz CT molecular complexity index is 499. The summed E-state index contributed by atoms with van der Waals surface area (Å²) in [6.45, 7) is 0.507. The molecule has 0 aliphatic carbocycles. The van der Waals surface area contributed by atoms with E-state index >= 15 is 0 Å². The molecule has 1 aromatic rings. The van der Waals surface area contributed by atoms with Gasteiger partial charge in [-0.25, -0.2) is 0 Å². The molecule has 0 saturated carbocycles. The van der Waals surface area contributed by atoms with Crippen molar-refractivity contribution in [3.05, 3.63) is 33.9 Å². The molecule has 0 aromatic heterocycles. The van der Waals surface area contributed by atoms with Gasteiger partial charge in [-0.3, -0.25) is 14.9 Å². The van der Waals surface area contributed by atoms with Crippen molar-refractivity contribution in [2.75, 3.05) is 6.61 Å². The van der Waals surface area contributed by atoms with E-state index in [-0.39, 0.29) is 17.1 Å². The molecule has 0 aliphatic heterocycles. The maximum Gasteiger partial charge on any atom is 0.392 e. The zero-order chi connectivity index (χ0) is 14.6. The minimum Gasteiger partial charge on any atom is -0.486 e. The summed E-state index contributed by atoms with van der Waals surface area (Å²) in [5.41, 5.74) is -0.440. The predicted molar refractivity (Wildman–Crippen MR) is 59.3 cm³/mol. The first-order chi connectivity index (χ1) is 8.70. The molecule has 104 valence electrons. The highest BCUT2D eigenvalue weighted by molar-refractivity contribution is 5.95. The Morgan fingerprint density at radius 2 is 2.05 bits per heavy atom. The van der Waals surface area contributed by atoms with Gasteiger partial charge in [0.25, 0.3) is 0 Å². The van der Waals surface area contributed by atoms with Crippen LogP contribution in [0, 0.1) is 10.1 Å². The Labute approximate surface area is 106 Å². The molecular weight excluding hydrogens is 267 g/mol. The van der Waals surface area contributed by atoms with E-state index in [0.717, 1.165) is 12.1 Å². The summed E-state index contributed by atoms with van der Waals surface area (Å²) < 4.78 is 40.5. The maximum absolute atomic E-state index is 11.9. The first-order valence-electron chi connectivity index (χ1n) is 5.19. The minimum absolute atomic E-state index is 0.0925. The van der Waals surface area contributed by atoms with Crippen molar-refractivity contribution in [2.45, 2.75) is 19.5 Å². The van der Waals surface area contributed by atoms with Crippen LogP contribution in [0.3, 0.4) is 0 Å². The Morgan fingerprint density at radius 1 is 1.42 bits per heavy atom. The summed E-state index contributed by atoms with van der Waals surface area (Å²) in [7, 11) is 0. The number of carbonyl (C=O) groups is 1. The van der Waals surface area contributed by atoms with E-state index in [1.165, 1.54) is 13.0 Å². The topological polar surface area (TPSA) is 69.4 Å². The van der Waals surface area contributed by atoms with Crippen molar-refractivity contribution in [1.29, 1.82) is 0 Å². The summed E-state index contributed by atoms with van der Waals surface area (Å²) in [4.78, 5) is 21.0. The quantitative estimate of drug-likeness (QED) is 0.471. The zero-order valence-electron chi connectivity index (χ0n) is 9.86. The van der Waals surface area contributed by atoms with Crippen LogP contribution < -0.4 is 4.74 Å². The van der Waals surface area contributed by atoms with Crippen LogP contribution in [0.25, 0.3) is 0 Å². The van der Waals surface area contributed by atoms with Gasteiger partial charge in [0.1, 0.15) is 0 Å². The monoisotopic (exact) mass is 277 g/mol. The zero-order valence-corrected chi connectivity index (χ0v) is 9.86. The summed E-state index contributed by atoms with van der Waals surface area (Å²) in [5, 5.41) is 10.7. The fraction of sp³-hybridized carbons (Fsp3) is 0.364. The molecule has 0 unspecified atom stereocenters. The molecule has 0 spiro atoms. The van der Waals surface area contributed by atoms with E-state index in [1.54, 1.807) is 0 Å². The average molecular weight is 277 g/mol. The van der Waals surface area contributed by atoms with E-state index in [2.05, 4.69) is 0 Å². The Kier molecular flexibility index (Phi) is 4.47. The Morgan fingerprint density at radius 3 is 2.53 bits per heavy atom. The molecule has 0 heterocycles. The van der Waals surface area contributed by atoms with Crippen LogP contribution in [-0.4, -0.2) is 23.5 Å². The molecule has 0 N–H and O–H groups in total. The largest absolute Gasteiger partial charge is 0.486 e. The highest BCUT2D eigenvalue weighted by Crippen LogP contribution is 2.29. The number of ketones is 1. The van der Waals surface area contributed by atoms with Gasteiger partial charge in [0.2, 0.25) is 0 Å². The summed E-state index contributed by atoms with van der Waals surface area (Å²) in [6, 6.07) is 3.36. The lowest BCUT2D eigenvalue weighted by atomic mass is 10.1. The predicted octanol–water partition coefficient (Wildman–Crippen LogP) is 3.13. The number of Topliss-reactive ketones (excluding diaryl/α,β-unsaturated/α-hetero) is 1. The minimum atomic E-state index is -4.39. The van der Waals surface area contributed by atoms with Gasteiger partial charge < -0.3 is 4.74 Å². The van der Waals surface area contributed by atoms with Crippen molar-refractivity contribution in [3.8, 4) is 5.75 Å². The number of hydrogen-bond acceptors (Lipinski definition) is 4. The highest BCUT2D eigenvalue weighted by atomic mass is 19.4. The van der Waals surface area contributed by atoms with Gasteiger partial charge in [0, 0.05) is 11.6 Å². The molecule has 1 rings (SSSR count). The highest BCUT2D eigenvalue weighted by Gasteiger charge is 2.27. The molecule has 0 amide bonds. The molecule has 1 aromatic carbocycles. The lowest BCUT2D eigenvalue weighted by Crippen LogP contribution is -2.13. The van der Waals surface area contributed by atoms with Crippen molar-refractivity contribution < 1.29 is 27.6 Å². The number of benzene rings is 1. The number of carbonyl (C=O) groups excluding carboxylic acids is 1. The maximum atomic E-state index is 11.9. The molecule has 0 saturated heterocycles. The van der Waals surface area contributed by atoms with Crippen molar-refractivity contribution >= 4 is 11.5 Å². The van der Waals surface area contributed by atoms with E-state index in [9.17, 15) is 28.1 Å². The first-order valence-corrected chi connectivity index (χ1v) is 5.19. The number of hydrogen-bond donors (Lipinski definition) is 0. The average Bonchev–Trinajstić information content (AvgIpc) is 2.27. The summed E-state index contributed by atoms with van der Waals surface area (Å²) in [6.07, 6.45) is -5.60. The van der Waals surface area contributed by atoms with E-state index in [0.29, 0.717) is 0 Å². The van der Waals surface area contributed by atoms with E-state index < -0.39 is 29.8 Å². The second-order valence-electron chi connectivity index (χ2n) is 3.71. The van der Waals surface area contributed by atoms with Gasteiger partial charge in [-0.05, 0) is 19.1 Å². The summed E-state index contributed by atoms with van der Waals surface area (Å²) >= 11 is 0. The number of alkyl halides is 3. The lowest BCUT2D eigenvalue weighted by molar-refractivity contribution is -0.386. The van der Waals surface area contributed by atoms with Gasteiger partial charge in [0.05, 0.1) is 18.0 Å². The molecule has 8 heteroatoms. The lowest BCUT2D eigenvalue weighted by Gasteiger charge is -2.09. The fourth-order valence-electron chi connectivity index (χ4n) is 1.28. The normalized spacial score (nSPS) is 11.2. The second-order valence-corrected chi connectivity index (χ2v) is 3.71. The molecule has 0 atom stereocenters. The van der Waals surface area contributed by atoms with Gasteiger partial charge in [-0.2, -0.15) is 13.2 Å². The van der Waals surface area contributed by atoms with E-state index in [4.69, 9.17) is 4.74 Å². The second kappa shape index (κ2) is 5.68. The van der Waals surface area contributed by atoms with Gasteiger partial charge >= 0.3 is 11.9 Å². The van der Waals surface area contributed by atoms with Crippen LogP contribution >= 0.6 is 0 Å². The molecule has 0 fully saturated rings. The van der Waals surface area contributed by atoms with Gasteiger partial charge in [0.15, 0.2) is 11.5 Å². The molecule has 19 heavy (non-hydrogen) atoms. The third-order valence-electron chi connectivity index (χ3n) is 2.21. The third kappa shape index (κ3) is 4.57. The van der Waals surface area contributed by atoms with Crippen LogP contribution in [0.15, 0.2) is 18.2 Å². The van der Waals surface area contributed by atoms with E-state index in [1.807, 2.05) is 0 Å². The smallest absolute Gasteiger partial charge is 0.392 e. The number of nitro benzene ring substituents is 1. The molecule has 0 radical (unpaired) electrons. The molecular formula is C11H10F3NO4. The first kappa shape index (κ1) is 14.9. The number of rotatable bonds is 5. The number of nitrogens with zero attached hydrogens (tertiary/aromatic N) is 1. The van der Waals surface area contributed by atoms with Crippen molar-refractivity contribution in [2.24, 2.45) is 0 Å².